The maximum atomic E-state index is 12.7. The highest BCUT2D eigenvalue weighted by Crippen LogP contribution is 2.44. The van der Waals surface area contributed by atoms with E-state index >= 15 is 0 Å². The van der Waals surface area contributed by atoms with Gasteiger partial charge >= 0.3 is 0 Å². The van der Waals surface area contributed by atoms with Crippen molar-refractivity contribution in [1.29, 1.82) is 0 Å². The zero-order valence-corrected chi connectivity index (χ0v) is 11.7. The fourth-order valence-electron chi connectivity index (χ4n) is 2.55. The average molecular weight is 267 g/mol. The first-order chi connectivity index (χ1) is 9.72. The van der Waals surface area contributed by atoms with Crippen LogP contribution in [-0.4, -0.2) is 24.4 Å². The van der Waals surface area contributed by atoms with Crippen LogP contribution in [0, 0.1) is 0 Å². The number of hydrogen-bond donors (Lipinski definition) is 0. The topological polar surface area (TPSA) is 29.5 Å². The van der Waals surface area contributed by atoms with Gasteiger partial charge in [0.1, 0.15) is 11.5 Å². The minimum absolute atomic E-state index is 0.107. The summed E-state index contributed by atoms with van der Waals surface area (Å²) in [6.45, 7) is 2.68. The second kappa shape index (κ2) is 5.00. The Labute approximate surface area is 118 Å². The van der Waals surface area contributed by atoms with Crippen LogP contribution >= 0.6 is 0 Å². The predicted octanol–water partition coefficient (Wildman–Crippen LogP) is 3.40. The Morgan fingerprint density at radius 2 is 1.55 bits per heavy atom. The van der Waals surface area contributed by atoms with Crippen LogP contribution in [0.15, 0.2) is 48.5 Å². The largest absolute Gasteiger partial charge is 0.457 e. The second-order valence-electron chi connectivity index (χ2n) is 4.96. The van der Waals surface area contributed by atoms with Crippen LogP contribution in [0.2, 0.25) is 0 Å². The Morgan fingerprint density at radius 1 is 1.05 bits per heavy atom. The molecule has 0 spiro atoms. The van der Waals surface area contributed by atoms with Gasteiger partial charge in [0.15, 0.2) is 0 Å². The van der Waals surface area contributed by atoms with Crippen molar-refractivity contribution in [3.63, 3.8) is 0 Å². The maximum absolute atomic E-state index is 12.7. The summed E-state index contributed by atoms with van der Waals surface area (Å²) in [4.78, 5) is 14.5. The van der Waals surface area contributed by atoms with Crippen molar-refractivity contribution in [2.45, 2.75) is 12.8 Å². The van der Waals surface area contributed by atoms with E-state index < -0.39 is 0 Å². The third-order valence-electron chi connectivity index (χ3n) is 3.78. The number of benzene rings is 2. The molecule has 2 aromatic carbocycles. The van der Waals surface area contributed by atoms with E-state index in [1.807, 2.05) is 62.5 Å². The number of nitrogens with zero attached hydrogens (tertiary/aromatic N) is 1. The van der Waals surface area contributed by atoms with Crippen molar-refractivity contribution < 1.29 is 9.53 Å². The number of ether oxygens (including phenoxy) is 1. The quantitative estimate of drug-likeness (QED) is 0.834. The summed E-state index contributed by atoms with van der Waals surface area (Å²) in [6.07, 6.45) is 0. The van der Waals surface area contributed by atoms with E-state index in [-0.39, 0.29) is 11.8 Å². The van der Waals surface area contributed by atoms with Gasteiger partial charge in [0, 0.05) is 24.7 Å². The molecule has 0 saturated heterocycles. The zero-order valence-electron chi connectivity index (χ0n) is 11.7. The summed E-state index contributed by atoms with van der Waals surface area (Å²) >= 11 is 0. The first kappa shape index (κ1) is 12.7. The normalized spacial score (nSPS) is 13.1. The van der Waals surface area contributed by atoms with Crippen molar-refractivity contribution in [1.82, 2.24) is 4.90 Å². The van der Waals surface area contributed by atoms with Gasteiger partial charge in [-0.25, -0.2) is 0 Å². The lowest BCUT2D eigenvalue weighted by Crippen LogP contribution is -2.33. The molecule has 3 heteroatoms. The van der Waals surface area contributed by atoms with Gasteiger partial charge in [0.05, 0.1) is 5.92 Å². The smallest absolute Gasteiger partial charge is 0.234 e. The molecule has 0 saturated carbocycles. The van der Waals surface area contributed by atoms with Gasteiger partial charge in [-0.1, -0.05) is 36.4 Å². The monoisotopic (exact) mass is 267 g/mol. The number of likely N-dealkylation sites (N-methyl/N-ethyl adjacent to an activating group) is 1. The van der Waals surface area contributed by atoms with E-state index in [1.54, 1.807) is 4.90 Å². The molecule has 1 aliphatic heterocycles. The number of carbonyl (C=O) groups is 1. The maximum Gasteiger partial charge on any atom is 0.234 e. The molecule has 0 aromatic heterocycles. The summed E-state index contributed by atoms with van der Waals surface area (Å²) in [5, 5.41) is 0. The van der Waals surface area contributed by atoms with Crippen LogP contribution in [0.3, 0.4) is 0 Å². The van der Waals surface area contributed by atoms with E-state index in [1.165, 1.54) is 0 Å². The fourth-order valence-corrected chi connectivity index (χ4v) is 2.55. The Kier molecular flexibility index (Phi) is 3.18. The summed E-state index contributed by atoms with van der Waals surface area (Å²) in [5.74, 6) is 1.37. The number of fused-ring (bicyclic) bond motifs is 2. The number of para-hydroxylation sites is 2. The molecule has 1 heterocycles. The molecule has 102 valence electrons. The van der Waals surface area contributed by atoms with Crippen LogP contribution in [0.1, 0.15) is 24.0 Å². The van der Waals surface area contributed by atoms with Crippen LogP contribution in [-0.2, 0) is 4.79 Å². The summed E-state index contributed by atoms with van der Waals surface area (Å²) in [6, 6.07) is 15.5. The highest BCUT2D eigenvalue weighted by molar-refractivity contribution is 5.89. The molecule has 1 aliphatic rings. The second-order valence-corrected chi connectivity index (χ2v) is 4.96. The standard InChI is InChI=1S/C17H17NO2/c1-3-18(2)17(19)16-12-8-4-6-10-14(12)20-15-11-7-5-9-13(15)16/h4-11,16H,3H2,1-2H3. The molecule has 0 fully saturated rings. The van der Waals surface area contributed by atoms with Gasteiger partial charge in [0.2, 0.25) is 5.91 Å². The lowest BCUT2D eigenvalue weighted by atomic mass is 9.87. The highest BCUT2D eigenvalue weighted by Gasteiger charge is 2.33. The fraction of sp³-hybridized carbons (Fsp3) is 0.235. The number of amides is 1. The summed E-state index contributed by atoms with van der Waals surface area (Å²) in [7, 11) is 1.84. The number of hydrogen-bond acceptors (Lipinski definition) is 2. The highest BCUT2D eigenvalue weighted by atomic mass is 16.5. The van der Waals surface area contributed by atoms with Crippen molar-refractivity contribution in [3.8, 4) is 11.5 Å². The minimum atomic E-state index is -0.277. The molecule has 0 radical (unpaired) electrons. The summed E-state index contributed by atoms with van der Waals surface area (Å²) < 4.78 is 5.90. The lowest BCUT2D eigenvalue weighted by Gasteiger charge is -2.30. The first-order valence-corrected chi connectivity index (χ1v) is 6.83. The molecular formula is C17H17NO2. The van der Waals surface area contributed by atoms with Gasteiger partial charge < -0.3 is 9.64 Å². The lowest BCUT2D eigenvalue weighted by molar-refractivity contribution is -0.130. The van der Waals surface area contributed by atoms with Gasteiger partial charge in [-0.3, -0.25) is 4.79 Å². The van der Waals surface area contributed by atoms with Gasteiger partial charge in [-0.2, -0.15) is 0 Å². The minimum Gasteiger partial charge on any atom is -0.457 e. The third kappa shape index (κ3) is 1.95. The van der Waals surface area contributed by atoms with E-state index in [2.05, 4.69) is 0 Å². The van der Waals surface area contributed by atoms with E-state index in [0.717, 1.165) is 22.6 Å². The van der Waals surface area contributed by atoms with Crippen LogP contribution in [0.5, 0.6) is 11.5 Å². The third-order valence-corrected chi connectivity index (χ3v) is 3.78. The Morgan fingerprint density at radius 3 is 2.05 bits per heavy atom. The molecule has 1 amide bonds. The number of rotatable bonds is 2. The van der Waals surface area contributed by atoms with E-state index in [9.17, 15) is 4.79 Å². The molecular weight excluding hydrogens is 250 g/mol. The molecule has 0 aliphatic carbocycles. The molecule has 2 aromatic rings. The SMILES string of the molecule is CCN(C)C(=O)C1c2ccccc2Oc2ccccc21. The predicted molar refractivity (Wildman–Crippen MR) is 78.1 cm³/mol. The van der Waals surface area contributed by atoms with Gasteiger partial charge in [-0.15, -0.1) is 0 Å². The van der Waals surface area contributed by atoms with Crippen LogP contribution < -0.4 is 4.74 Å². The zero-order chi connectivity index (χ0) is 14.1. The van der Waals surface area contributed by atoms with Crippen molar-refractivity contribution >= 4 is 5.91 Å². The van der Waals surface area contributed by atoms with E-state index in [4.69, 9.17) is 4.74 Å². The van der Waals surface area contributed by atoms with Gasteiger partial charge in [-0.05, 0) is 19.1 Å². The molecule has 0 atom stereocenters. The Hall–Kier alpha value is -2.29. The number of carbonyl (C=O) groups excluding carboxylic acids is 1. The molecule has 0 bridgehead atoms. The Bertz CT molecular complexity index is 605. The van der Waals surface area contributed by atoms with Crippen LogP contribution in [0.4, 0.5) is 0 Å². The first-order valence-electron chi connectivity index (χ1n) is 6.83. The van der Waals surface area contributed by atoms with Crippen molar-refractivity contribution in [2.75, 3.05) is 13.6 Å². The average Bonchev–Trinajstić information content (AvgIpc) is 2.51. The molecule has 3 nitrogen and oxygen atoms in total. The molecule has 0 N–H and O–H groups in total. The molecule has 20 heavy (non-hydrogen) atoms. The van der Waals surface area contributed by atoms with E-state index in [0.29, 0.717) is 6.54 Å². The van der Waals surface area contributed by atoms with Gasteiger partial charge in [0.25, 0.3) is 0 Å². The Balaban J connectivity index is 2.15. The molecule has 3 rings (SSSR count). The molecule has 0 unspecified atom stereocenters. The van der Waals surface area contributed by atoms with Crippen molar-refractivity contribution in [3.05, 3.63) is 59.7 Å². The van der Waals surface area contributed by atoms with Crippen molar-refractivity contribution in [2.24, 2.45) is 0 Å². The van der Waals surface area contributed by atoms with Crippen LogP contribution in [0.25, 0.3) is 0 Å². The summed E-state index contributed by atoms with van der Waals surface area (Å²) in [5.41, 5.74) is 1.88.